The molecular weight excluding hydrogens is 430 g/mol. The minimum Gasteiger partial charge on any atom is -0.370 e. The fourth-order valence-electron chi connectivity index (χ4n) is 4.42. The van der Waals surface area contributed by atoms with Crippen LogP contribution in [0.4, 0.5) is 10.5 Å². The van der Waals surface area contributed by atoms with Crippen molar-refractivity contribution in [2.75, 3.05) is 37.6 Å². The lowest BCUT2D eigenvalue weighted by Crippen LogP contribution is -2.51. The Balaban J connectivity index is 1.26. The molecule has 0 aliphatic carbocycles. The van der Waals surface area contributed by atoms with Crippen molar-refractivity contribution in [1.82, 2.24) is 26.6 Å². The van der Waals surface area contributed by atoms with Crippen LogP contribution in [0.25, 0.3) is 0 Å². The molecule has 3 aliphatic heterocycles. The van der Waals surface area contributed by atoms with Crippen molar-refractivity contribution >= 4 is 17.7 Å². The molecule has 0 radical (unpaired) electrons. The van der Waals surface area contributed by atoms with Crippen LogP contribution in [0.1, 0.15) is 31.2 Å². The molecule has 1 saturated heterocycles. The van der Waals surface area contributed by atoms with Crippen molar-refractivity contribution in [1.29, 1.82) is 0 Å². The molecule has 1 aromatic carbocycles. The van der Waals surface area contributed by atoms with E-state index in [-0.39, 0.29) is 18.2 Å². The number of amides is 2. The third-order valence-electron chi connectivity index (χ3n) is 6.24. The Morgan fingerprint density at radius 3 is 2.79 bits per heavy atom. The van der Waals surface area contributed by atoms with Crippen LogP contribution in [0.15, 0.2) is 52.8 Å². The van der Waals surface area contributed by atoms with Gasteiger partial charge in [0, 0.05) is 49.7 Å². The molecule has 2 amide bonds. The van der Waals surface area contributed by atoms with Crippen LogP contribution < -0.4 is 43.0 Å². The average Bonchev–Trinajstić information content (AvgIpc) is 3.23. The third kappa shape index (κ3) is 6.72. The first-order valence-electron chi connectivity index (χ1n) is 12.2. The molecule has 0 aromatic heterocycles. The number of hydrogen-bond donors (Lipinski definition) is 7. The summed E-state index contributed by atoms with van der Waals surface area (Å²) in [7, 11) is 0. The zero-order valence-corrected chi connectivity index (χ0v) is 19.6. The Kier molecular flexibility index (Phi) is 8.40. The van der Waals surface area contributed by atoms with E-state index in [0.29, 0.717) is 12.6 Å². The summed E-state index contributed by atoms with van der Waals surface area (Å²) in [5.74, 6) is 0.128. The first-order valence-corrected chi connectivity index (χ1v) is 12.2. The number of guanidine groups is 1. The van der Waals surface area contributed by atoms with Gasteiger partial charge in [-0.25, -0.2) is 4.79 Å². The Morgan fingerprint density at radius 2 is 2.03 bits per heavy atom. The van der Waals surface area contributed by atoms with Crippen molar-refractivity contribution in [3.63, 3.8) is 0 Å². The highest BCUT2D eigenvalue weighted by atomic mass is 16.2. The van der Waals surface area contributed by atoms with Gasteiger partial charge < -0.3 is 38.1 Å². The van der Waals surface area contributed by atoms with Gasteiger partial charge in [-0.2, -0.15) is 0 Å². The molecule has 1 unspecified atom stereocenters. The summed E-state index contributed by atoms with van der Waals surface area (Å²) in [5.41, 5.74) is 14.9. The van der Waals surface area contributed by atoms with Crippen LogP contribution in [-0.4, -0.2) is 56.9 Å². The summed E-state index contributed by atoms with van der Waals surface area (Å²) in [4.78, 5) is 18.4. The highest BCUT2D eigenvalue weighted by Gasteiger charge is 2.30. The summed E-state index contributed by atoms with van der Waals surface area (Å²) in [5, 5.41) is 16.9. The first kappa shape index (κ1) is 24.1. The number of anilines is 1. The molecule has 1 fully saturated rings. The summed E-state index contributed by atoms with van der Waals surface area (Å²) >= 11 is 0. The van der Waals surface area contributed by atoms with E-state index < -0.39 is 0 Å². The van der Waals surface area contributed by atoms with Crippen LogP contribution in [0.3, 0.4) is 0 Å². The number of aliphatic imine (C=N–C) groups is 1. The number of nitrogens with zero attached hydrogens (tertiary/aromatic N) is 2. The molecule has 184 valence electrons. The molecule has 10 heteroatoms. The number of carbonyl (C=O) groups is 1. The topological polar surface area (TPSA) is 145 Å². The smallest absolute Gasteiger partial charge is 0.327 e. The molecule has 0 bridgehead atoms. The van der Waals surface area contributed by atoms with Gasteiger partial charge in [0.15, 0.2) is 5.96 Å². The fourth-order valence-corrected chi connectivity index (χ4v) is 4.42. The summed E-state index contributed by atoms with van der Waals surface area (Å²) in [6, 6.07) is 8.44. The predicted molar refractivity (Wildman–Crippen MR) is 136 cm³/mol. The number of carbonyl (C=O) groups excluding carboxylic acids is 1. The number of fused-ring (bicyclic) bond motifs is 1. The zero-order chi connectivity index (χ0) is 23.8. The largest absolute Gasteiger partial charge is 0.370 e. The predicted octanol–water partition coefficient (Wildman–Crippen LogP) is 0.398. The fraction of sp³-hybridized carbons (Fsp3) is 0.500. The summed E-state index contributed by atoms with van der Waals surface area (Å²) in [6.45, 7) is 5.28. The van der Waals surface area contributed by atoms with E-state index in [2.05, 4.69) is 37.7 Å². The summed E-state index contributed by atoms with van der Waals surface area (Å²) in [6.07, 6.45) is 8.17. The molecule has 0 saturated carbocycles. The van der Waals surface area contributed by atoms with Crippen molar-refractivity contribution in [2.24, 2.45) is 16.5 Å². The van der Waals surface area contributed by atoms with Crippen LogP contribution in [-0.2, 0) is 6.54 Å². The highest BCUT2D eigenvalue weighted by Crippen LogP contribution is 2.25. The van der Waals surface area contributed by atoms with E-state index in [9.17, 15) is 4.79 Å². The molecule has 2 atom stereocenters. The number of benzene rings is 1. The van der Waals surface area contributed by atoms with Gasteiger partial charge in [-0.05, 0) is 62.5 Å². The number of nitrogens with one attached hydrogen (secondary N) is 5. The monoisotopic (exact) mass is 467 g/mol. The number of urea groups is 1. The van der Waals surface area contributed by atoms with E-state index in [1.807, 2.05) is 30.5 Å². The van der Waals surface area contributed by atoms with E-state index in [1.54, 1.807) is 4.90 Å². The van der Waals surface area contributed by atoms with E-state index in [1.165, 1.54) is 12.8 Å². The van der Waals surface area contributed by atoms with Crippen LogP contribution >= 0.6 is 0 Å². The minimum atomic E-state index is -0.155. The van der Waals surface area contributed by atoms with Gasteiger partial charge >= 0.3 is 6.03 Å². The SMILES string of the molecule is NC(N)=NCCCNCc1ccc(N2C=C3C=C(CCN[C@H]4CCCNC4)NC3NC2=O)cc1. The van der Waals surface area contributed by atoms with Crippen molar-refractivity contribution in [3.8, 4) is 0 Å². The number of nitrogens with two attached hydrogens (primary N) is 2. The Morgan fingerprint density at radius 1 is 1.18 bits per heavy atom. The second-order valence-electron chi connectivity index (χ2n) is 8.95. The highest BCUT2D eigenvalue weighted by molar-refractivity contribution is 5.96. The zero-order valence-electron chi connectivity index (χ0n) is 19.6. The van der Waals surface area contributed by atoms with Gasteiger partial charge in [-0.1, -0.05) is 12.1 Å². The van der Waals surface area contributed by atoms with Gasteiger partial charge in [0.25, 0.3) is 0 Å². The van der Waals surface area contributed by atoms with E-state index >= 15 is 0 Å². The lowest BCUT2D eigenvalue weighted by atomic mass is 10.1. The second-order valence-corrected chi connectivity index (χ2v) is 8.95. The van der Waals surface area contributed by atoms with Gasteiger partial charge in [0.1, 0.15) is 6.17 Å². The molecule has 0 spiro atoms. The van der Waals surface area contributed by atoms with Crippen LogP contribution in [0.5, 0.6) is 0 Å². The molecule has 10 nitrogen and oxygen atoms in total. The van der Waals surface area contributed by atoms with Gasteiger partial charge in [-0.15, -0.1) is 0 Å². The molecular formula is C24H37N9O. The normalized spacial score (nSPS) is 21.8. The van der Waals surface area contributed by atoms with Crippen LogP contribution in [0, 0.1) is 0 Å². The number of rotatable bonds is 11. The van der Waals surface area contributed by atoms with Gasteiger partial charge in [0.05, 0.1) is 5.69 Å². The molecule has 9 N–H and O–H groups in total. The summed E-state index contributed by atoms with van der Waals surface area (Å²) < 4.78 is 0. The molecule has 34 heavy (non-hydrogen) atoms. The third-order valence-corrected chi connectivity index (χ3v) is 6.24. The maximum Gasteiger partial charge on any atom is 0.327 e. The molecule has 4 rings (SSSR count). The quantitative estimate of drug-likeness (QED) is 0.142. The standard InChI is InChI=1S/C24H37N9O/c25-23(26)30-11-2-10-27-14-17-4-6-21(7-5-17)33-16-18-13-19(31-22(18)32-24(33)34)8-12-29-20-3-1-9-28-15-20/h4-7,13,16,20,22,27-29,31H,1-3,8-12,14-15H2,(H,32,34)(H4,25,26,30)/t20-,22?/m0/s1. The lowest BCUT2D eigenvalue weighted by Gasteiger charge is -2.29. The van der Waals surface area contributed by atoms with Crippen LogP contribution in [0.2, 0.25) is 0 Å². The average molecular weight is 468 g/mol. The Labute approximate surface area is 201 Å². The Bertz CT molecular complexity index is 915. The Hall–Kier alpha value is -3.08. The number of hydrogen-bond acceptors (Lipinski definition) is 6. The minimum absolute atomic E-state index is 0.128. The van der Waals surface area contributed by atoms with Gasteiger partial charge in [-0.3, -0.25) is 9.89 Å². The second kappa shape index (κ2) is 11.9. The van der Waals surface area contributed by atoms with Crippen molar-refractivity contribution < 1.29 is 4.79 Å². The molecule has 1 aromatic rings. The molecule has 3 heterocycles. The van der Waals surface area contributed by atoms with E-state index in [4.69, 9.17) is 11.5 Å². The lowest BCUT2D eigenvalue weighted by molar-refractivity contribution is 0.243. The maximum atomic E-state index is 12.7. The van der Waals surface area contributed by atoms with E-state index in [0.717, 1.165) is 68.1 Å². The van der Waals surface area contributed by atoms with Crippen molar-refractivity contribution in [3.05, 3.63) is 53.4 Å². The first-order chi connectivity index (χ1) is 16.6. The maximum absolute atomic E-state index is 12.7. The van der Waals surface area contributed by atoms with Gasteiger partial charge in [0.2, 0.25) is 0 Å². The molecule has 3 aliphatic rings. The van der Waals surface area contributed by atoms with Crippen molar-refractivity contribution in [2.45, 2.75) is 44.4 Å². The number of piperidine rings is 1.